The van der Waals surface area contributed by atoms with E-state index in [2.05, 4.69) is 6.92 Å². The molecule has 0 amide bonds. The predicted octanol–water partition coefficient (Wildman–Crippen LogP) is 2.53. The SMILES string of the molecule is [CH2]c1ccc(N(c2ccccc2)[SH](=O)=O)cc1. The Kier molecular flexibility index (Phi) is 3.44. The van der Waals surface area contributed by atoms with Crippen molar-refractivity contribution in [3.05, 3.63) is 67.1 Å². The second-order valence-corrected chi connectivity index (χ2v) is 4.43. The summed E-state index contributed by atoms with van der Waals surface area (Å²) in [6, 6.07) is 16.0. The van der Waals surface area contributed by atoms with Gasteiger partial charge in [-0.05, 0) is 36.8 Å². The molecule has 0 bridgehead atoms. The molecule has 0 aromatic heterocycles. The van der Waals surface area contributed by atoms with Crippen LogP contribution in [0.1, 0.15) is 5.56 Å². The van der Waals surface area contributed by atoms with Gasteiger partial charge in [-0.1, -0.05) is 30.3 Å². The molecule has 87 valence electrons. The fraction of sp³-hybridized carbons (Fsp3) is 0. The normalized spacial score (nSPS) is 10.5. The Morgan fingerprint density at radius 1 is 0.824 bits per heavy atom. The number of nitrogens with zero attached hydrogens (tertiary/aromatic N) is 1. The Labute approximate surface area is 102 Å². The Morgan fingerprint density at radius 2 is 1.35 bits per heavy atom. The van der Waals surface area contributed by atoms with Gasteiger partial charge in [0.15, 0.2) is 0 Å². The summed E-state index contributed by atoms with van der Waals surface area (Å²) in [6.07, 6.45) is 0. The van der Waals surface area contributed by atoms with Gasteiger partial charge in [0.2, 0.25) is 10.9 Å². The highest BCUT2D eigenvalue weighted by Crippen LogP contribution is 2.25. The lowest BCUT2D eigenvalue weighted by Gasteiger charge is -2.17. The molecule has 2 aromatic carbocycles. The maximum absolute atomic E-state index is 11.3. The molecule has 3 nitrogen and oxygen atoms in total. The van der Waals surface area contributed by atoms with Crippen LogP contribution >= 0.6 is 0 Å². The minimum absolute atomic E-state index is 0.611. The second-order valence-electron chi connectivity index (χ2n) is 3.55. The molecule has 0 aliphatic heterocycles. The summed E-state index contributed by atoms with van der Waals surface area (Å²) in [5, 5.41) is 0. The van der Waals surface area contributed by atoms with E-state index in [0.717, 1.165) is 5.56 Å². The van der Waals surface area contributed by atoms with Crippen molar-refractivity contribution in [2.45, 2.75) is 0 Å². The van der Waals surface area contributed by atoms with E-state index >= 15 is 0 Å². The molecule has 2 aromatic rings. The minimum Gasteiger partial charge on any atom is -0.241 e. The van der Waals surface area contributed by atoms with E-state index in [1.807, 2.05) is 6.07 Å². The quantitative estimate of drug-likeness (QED) is 0.845. The van der Waals surface area contributed by atoms with Crippen LogP contribution in [0.25, 0.3) is 0 Å². The molecule has 0 fully saturated rings. The van der Waals surface area contributed by atoms with Crippen molar-refractivity contribution < 1.29 is 8.42 Å². The van der Waals surface area contributed by atoms with Crippen LogP contribution in [0.4, 0.5) is 11.4 Å². The number of hydrogen-bond acceptors (Lipinski definition) is 2. The first-order valence-electron chi connectivity index (χ1n) is 5.10. The highest BCUT2D eigenvalue weighted by Gasteiger charge is 2.10. The lowest BCUT2D eigenvalue weighted by Crippen LogP contribution is -2.14. The third kappa shape index (κ3) is 2.65. The molecule has 1 radical (unpaired) electrons. The standard InChI is InChI=1S/C13H12NO2S/c1-11-7-9-13(10-8-11)14(17(15)16)12-5-3-2-4-6-12/h2-10,17H,1H2. The Balaban J connectivity index is 2.47. The third-order valence-corrected chi connectivity index (χ3v) is 3.13. The summed E-state index contributed by atoms with van der Waals surface area (Å²) in [4.78, 5) is 0. The van der Waals surface area contributed by atoms with Gasteiger partial charge in [-0.15, -0.1) is 0 Å². The summed E-state index contributed by atoms with van der Waals surface area (Å²) in [5.41, 5.74) is 2.09. The summed E-state index contributed by atoms with van der Waals surface area (Å²) in [7, 11) is -2.71. The lowest BCUT2D eigenvalue weighted by atomic mass is 10.2. The van der Waals surface area contributed by atoms with Crippen molar-refractivity contribution in [3.63, 3.8) is 0 Å². The van der Waals surface area contributed by atoms with Gasteiger partial charge in [0.25, 0.3) is 0 Å². The van der Waals surface area contributed by atoms with Gasteiger partial charge in [0.05, 0.1) is 11.4 Å². The van der Waals surface area contributed by atoms with Crippen LogP contribution in [-0.4, -0.2) is 8.42 Å². The van der Waals surface area contributed by atoms with Crippen LogP contribution in [-0.2, 0) is 10.9 Å². The van der Waals surface area contributed by atoms with Crippen molar-refractivity contribution in [3.8, 4) is 0 Å². The first-order chi connectivity index (χ1) is 8.18. The predicted molar refractivity (Wildman–Crippen MR) is 69.8 cm³/mol. The molecule has 0 aliphatic rings. The summed E-state index contributed by atoms with van der Waals surface area (Å²) >= 11 is 0. The van der Waals surface area contributed by atoms with Crippen LogP contribution < -0.4 is 4.31 Å². The first-order valence-corrected chi connectivity index (χ1v) is 6.23. The topological polar surface area (TPSA) is 37.4 Å². The molecule has 0 spiro atoms. The van der Waals surface area contributed by atoms with Gasteiger partial charge < -0.3 is 0 Å². The lowest BCUT2D eigenvalue weighted by molar-refractivity contribution is 0.614. The molecular formula is C13H12NO2S. The Bertz CT molecular complexity index is 554. The van der Waals surface area contributed by atoms with Gasteiger partial charge in [0.1, 0.15) is 0 Å². The van der Waals surface area contributed by atoms with E-state index in [1.54, 1.807) is 48.5 Å². The van der Waals surface area contributed by atoms with Crippen molar-refractivity contribution in [1.29, 1.82) is 0 Å². The largest absolute Gasteiger partial charge is 0.241 e. The van der Waals surface area contributed by atoms with E-state index in [-0.39, 0.29) is 0 Å². The highest BCUT2D eigenvalue weighted by molar-refractivity contribution is 7.74. The van der Waals surface area contributed by atoms with Gasteiger partial charge in [-0.25, -0.2) is 12.7 Å². The summed E-state index contributed by atoms with van der Waals surface area (Å²) < 4.78 is 23.9. The zero-order chi connectivity index (χ0) is 12.3. The van der Waals surface area contributed by atoms with Crippen LogP contribution in [0.15, 0.2) is 54.6 Å². The average Bonchev–Trinajstić information content (AvgIpc) is 2.33. The Hall–Kier alpha value is -1.81. The Morgan fingerprint density at radius 3 is 1.88 bits per heavy atom. The van der Waals surface area contributed by atoms with Gasteiger partial charge in [0, 0.05) is 0 Å². The first kappa shape index (κ1) is 11.7. The third-order valence-electron chi connectivity index (χ3n) is 2.34. The zero-order valence-corrected chi connectivity index (χ0v) is 10.0. The number of rotatable bonds is 3. The molecule has 2 rings (SSSR count). The maximum atomic E-state index is 11.3. The van der Waals surface area contributed by atoms with E-state index in [4.69, 9.17) is 0 Å². The molecule has 0 heterocycles. The molecule has 0 saturated carbocycles. The molecule has 0 aliphatic carbocycles. The van der Waals surface area contributed by atoms with Crippen molar-refractivity contribution in [2.75, 3.05) is 4.31 Å². The van der Waals surface area contributed by atoms with Crippen LogP contribution in [0, 0.1) is 6.92 Å². The molecule has 4 heteroatoms. The second kappa shape index (κ2) is 5.01. The van der Waals surface area contributed by atoms with E-state index in [0.29, 0.717) is 11.4 Å². The minimum atomic E-state index is -2.71. The van der Waals surface area contributed by atoms with Gasteiger partial charge in [-0.3, -0.25) is 0 Å². The number of benzene rings is 2. The number of para-hydroxylation sites is 1. The zero-order valence-electron chi connectivity index (χ0n) is 9.11. The molecule has 0 unspecified atom stereocenters. The van der Waals surface area contributed by atoms with Crippen LogP contribution in [0.3, 0.4) is 0 Å². The molecule has 17 heavy (non-hydrogen) atoms. The highest BCUT2D eigenvalue weighted by atomic mass is 32.2. The van der Waals surface area contributed by atoms with E-state index in [9.17, 15) is 8.42 Å². The smallest absolute Gasteiger partial charge is 0.229 e. The number of hydrogen-bond donors (Lipinski definition) is 1. The molecule has 0 atom stereocenters. The fourth-order valence-electron chi connectivity index (χ4n) is 1.54. The van der Waals surface area contributed by atoms with Gasteiger partial charge >= 0.3 is 0 Å². The number of thiol groups is 1. The maximum Gasteiger partial charge on any atom is 0.229 e. The van der Waals surface area contributed by atoms with Crippen LogP contribution in [0.5, 0.6) is 0 Å². The number of anilines is 2. The van der Waals surface area contributed by atoms with E-state index < -0.39 is 10.9 Å². The van der Waals surface area contributed by atoms with Crippen LogP contribution in [0.2, 0.25) is 0 Å². The monoisotopic (exact) mass is 246 g/mol. The molecular weight excluding hydrogens is 234 g/mol. The fourth-order valence-corrected chi connectivity index (χ4v) is 2.19. The van der Waals surface area contributed by atoms with Crippen molar-refractivity contribution >= 4 is 22.3 Å². The average molecular weight is 246 g/mol. The van der Waals surface area contributed by atoms with E-state index in [1.165, 1.54) is 4.31 Å². The molecule has 0 N–H and O–H groups in total. The molecule has 0 saturated heterocycles. The van der Waals surface area contributed by atoms with Crippen molar-refractivity contribution in [1.82, 2.24) is 0 Å². The van der Waals surface area contributed by atoms with Crippen molar-refractivity contribution in [2.24, 2.45) is 0 Å². The summed E-state index contributed by atoms with van der Waals surface area (Å²) in [5.74, 6) is 0. The van der Waals surface area contributed by atoms with Gasteiger partial charge in [-0.2, -0.15) is 0 Å². The summed E-state index contributed by atoms with van der Waals surface area (Å²) in [6.45, 7) is 3.77.